The number of nitriles is 1. The minimum Gasteiger partial charge on any atom is -0.384 e. The molecule has 0 amide bonds. The molecular formula is C16H17ClN6O. The Morgan fingerprint density at radius 1 is 1.42 bits per heavy atom. The molecule has 124 valence electrons. The highest BCUT2D eigenvalue weighted by molar-refractivity contribution is 6.31. The van der Waals surface area contributed by atoms with E-state index in [0.717, 1.165) is 5.56 Å². The summed E-state index contributed by atoms with van der Waals surface area (Å²) in [6.07, 6.45) is 4.19. The van der Waals surface area contributed by atoms with Crippen molar-refractivity contribution in [1.29, 1.82) is 5.26 Å². The molecule has 0 aliphatic carbocycles. The van der Waals surface area contributed by atoms with Gasteiger partial charge in [-0.05, 0) is 30.3 Å². The lowest BCUT2D eigenvalue weighted by atomic mass is 10.0. The number of nitrogens with two attached hydrogens (primary N) is 2. The first kappa shape index (κ1) is 16.2. The van der Waals surface area contributed by atoms with Gasteiger partial charge in [0.1, 0.15) is 5.82 Å². The summed E-state index contributed by atoms with van der Waals surface area (Å²) < 4.78 is 1.48. The molecule has 0 saturated heterocycles. The van der Waals surface area contributed by atoms with Crippen molar-refractivity contribution >= 4 is 17.4 Å². The number of hydrogen-bond donors (Lipinski definition) is 4. The van der Waals surface area contributed by atoms with E-state index in [1.54, 1.807) is 18.3 Å². The molecule has 2 heterocycles. The fraction of sp³-hybridized carbons (Fsp3) is 0.250. The van der Waals surface area contributed by atoms with Crippen molar-refractivity contribution in [2.75, 3.05) is 5.73 Å². The van der Waals surface area contributed by atoms with Crippen LogP contribution < -0.4 is 22.5 Å². The molecule has 7 nitrogen and oxygen atoms in total. The maximum Gasteiger partial charge on any atom is 0.331 e. The van der Waals surface area contributed by atoms with Crippen molar-refractivity contribution < 1.29 is 0 Å². The second-order valence-electron chi connectivity index (χ2n) is 5.58. The van der Waals surface area contributed by atoms with Gasteiger partial charge >= 0.3 is 5.69 Å². The number of halogens is 1. The topological polar surface area (TPSA) is 126 Å². The summed E-state index contributed by atoms with van der Waals surface area (Å²) in [5.74, 6) is 0.0412. The number of benzene rings is 1. The quantitative estimate of drug-likeness (QED) is 0.666. The zero-order valence-corrected chi connectivity index (χ0v) is 13.5. The number of rotatable bonds is 4. The highest BCUT2D eigenvalue weighted by Gasteiger charge is 2.28. The molecule has 2 atom stereocenters. The molecule has 2 unspecified atom stereocenters. The van der Waals surface area contributed by atoms with E-state index in [1.807, 2.05) is 12.1 Å². The van der Waals surface area contributed by atoms with Gasteiger partial charge in [0.25, 0.3) is 0 Å². The number of anilines is 1. The SMILES string of the molecule is N#CCCc1ccc(-n2c(C3C=CNC3N)c(N)[nH]c2=O)cc1Cl. The minimum absolute atomic E-state index is 0.235. The summed E-state index contributed by atoms with van der Waals surface area (Å²) in [6.45, 7) is 0. The van der Waals surface area contributed by atoms with Crippen LogP contribution in [-0.2, 0) is 6.42 Å². The molecule has 24 heavy (non-hydrogen) atoms. The van der Waals surface area contributed by atoms with Gasteiger partial charge in [-0.15, -0.1) is 0 Å². The first-order chi connectivity index (χ1) is 11.5. The second kappa shape index (κ2) is 6.43. The summed E-state index contributed by atoms with van der Waals surface area (Å²) in [5.41, 5.74) is 13.7. The summed E-state index contributed by atoms with van der Waals surface area (Å²) in [6, 6.07) is 7.39. The summed E-state index contributed by atoms with van der Waals surface area (Å²) >= 11 is 6.30. The fourth-order valence-corrected chi connectivity index (χ4v) is 3.14. The van der Waals surface area contributed by atoms with Crippen LogP contribution in [0.1, 0.15) is 23.6 Å². The first-order valence-electron chi connectivity index (χ1n) is 7.47. The lowest BCUT2D eigenvalue weighted by Gasteiger charge is -2.18. The van der Waals surface area contributed by atoms with Crippen LogP contribution in [0.2, 0.25) is 5.02 Å². The van der Waals surface area contributed by atoms with Crippen LogP contribution >= 0.6 is 11.6 Å². The van der Waals surface area contributed by atoms with E-state index >= 15 is 0 Å². The van der Waals surface area contributed by atoms with Gasteiger partial charge in [-0.2, -0.15) is 5.26 Å². The van der Waals surface area contributed by atoms with Gasteiger partial charge in [-0.25, -0.2) is 4.79 Å². The molecule has 0 fully saturated rings. The molecule has 0 bridgehead atoms. The van der Waals surface area contributed by atoms with Crippen molar-refractivity contribution in [3.8, 4) is 11.8 Å². The van der Waals surface area contributed by atoms with Gasteiger partial charge in [-0.1, -0.05) is 23.7 Å². The van der Waals surface area contributed by atoms with E-state index in [-0.39, 0.29) is 23.6 Å². The van der Waals surface area contributed by atoms with Crippen LogP contribution in [0.4, 0.5) is 5.82 Å². The highest BCUT2D eigenvalue weighted by atomic mass is 35.5. The van der Waals surface area contributed by atoms with E-state index in [9.17, 15) is 4.79 Å². The molecular weight excluding hydrogens is 328 g/mol. The molecule has 1 aliphatic heterocycles. The van der Waals surface area contributed by atoms with E-state index in [2.05, 4.69) is 16.4 Å². The number of imidazole rings is 1. The third kappa shape index (κ3) is 2.77. The van der Waals surface area contributed by atoms with Gasteiger partial charge in [0.15, 0.2) is 0 Å². The van der Waals surface area contributed by atoms with Gasteiger partial charge in [0.05, 0.1) is 29.5 Å². The Morgan fingerprint density at radius 2 is 2.21 bits per heavy atom. The Morgan fingerprint density at radius 3 is 2.83 bits per heavy atom. The fourth-order valence-electron chi connectivity index (χ4n) is 2.87. The van der Waals surface area contributed by atoms with Crippen LogP contribution in [-0.4, -0.2) is 15.7 Å². The standard InChI is InChI=1S/C16H17ClN6O/c17-12-8-10(4-3-9(12)2-1-6-18)23-13(15(20)22-16(23)24)11-5-7-21-14(11)19/h3-5,7-8,11,14,21H,1-2,19-20H2,(H,22,24). The first-order valence-corrected chi connectivity index (χ1v) is 7.85. The Kier molecular flexibility index (Phi) is 4.34. The third-order valence-electron chi connectivity index (χ3n) is 4.06. The number of aryl methyl sites for hydroxylation is 1. The zero-order valence-electron chi connectivity index (χ0n) is 12.8. The van der Waals surface area contributed by atoms with Crippen molar-refractivity contribution in [3.05, 3.63) is 57.2 Å². The van der Waals surface area contributed by atoms with Crippen LogP contribution in [0.3, 0.4) is 0 Å². The Hall–Kier alpha value is -2.69. The minimum atomic E-state index is -0.362. The highest BCUT2D eigenvalue weighted by Crippen LogP contribution is 2.29. The van der Waals surface area contributed by atoms with Crippen molar-refractivity contribution in [1.82, 2.24) is 14.9 Å². The number of nitrogen functional groups attached to an aromatic ring is 1. The van der Waals surface area contributed by atoms with E-state index in [0.29, 0.717) is 29.2 Å². The number of nitrogens with one attached hydrogen (secondary N) is 2. The molecule has 1 aliphatic rings. The summed E-state index contributed by atoms with van der Waals surface area (Å²) in [4.78, 5) is 15.0. The smallest absolute Gasteiger partial charge is 0.331 e. The van der Waals surface area contributed by atoms with Crippen LogP contribution in [0, 0.1) is 11.3 Å². The molecule has 0 spiro atoms. The van der Waals surface area contributed by atoms with Crippen LogP contribution in [0.25, 0.3) is 5.69 Å². The number of aromatic nitrogens is 2. The molecule has 6 N–H and O–H groups in total. The summed E-state index contributed by atoms with van der Waals surface area (Å²) in [7, 11) is 0. The molecule has 3 rings (SSSR count). The number of hydrogen-bond acceptors (Lipinski definition) is 5. The number of nitrogens with zero attached hydrogens (tertiary/aromatic N) is 2. The lowest BCUT2D eigenvalue weighted by Crippen LogP contribution is -2.36. The van der Waals surface area contributed by atoms with Crippen molar-refractivity contribution in [3.63, 3.8) is 0 Å². The van der Waals surface area contributed by atoms with E-state index in [4.69, 9.17) is 28.3 Å². The molecule has 2 aromatic rings. The second-order valence-corrected chi connectivity index (χ2v) is 5.98. The Balaban J connectivity index is 2.07. The van der Waals surface area contributed by atoms with Crippen molar-refractivity contribution in [2.24, 2.45) is 5.73 Å². The zero-order chi connectivity index (χ0) is 17.3. The van der Waals surface area contributed by atoms with Crippen LogP contribution in [0.5, 0.6) is 0 Å². The molecule has 0 saturated carbocycles. The monoisotopic (exact) mass is 344 g/mol. The average Bonchev–Trinajstić information content (AvgIpc) is 3.08. The molecule has 1 aromatic carbocycles. The molecule has 8 heteroatoms. The van der Waals surface area contributed by atoms with Gasteiger partial charge < -0.3 is 16.8 Å². The maximum atomic E-state index is 12.3. The molecule has 0 radical (unpaired) electrons. The average molecular weight is 345 g/mol. The predicted molar refractivity (Wildman–Crippen MR) is 92.7 cm³/mol. The van der Waals surface area contributed by atoms with E-state index < -0.39 is 0 Å². The summed E-state index contributed by atoms with van der Waals surface area (Å²) in [5, 5.41) is 12.2. The molecule has 1 aromatic heterocycles. The van der Waals surface area contributed by atoms with Gasteiger partial charge in [0, 0.05) is 11.4 Å². The lowest BCUT2D eigenvalue weighted by molar-refractivity contribution is 0.577. The largest absolute Gasteiger partial charge is 0.384 e. The Labute approximate surface area is 143 Å². The van der Waals surface area contributed by atoms with Crippen LogP contribution in [0.15, 0.2) is 35.3 Å². The van der Waals surface area contributed by atoms with Crippen molar-refractivity contribution in [2.45, 2.75) is 24.9 Å². The maximum absolute atomic E-state index is 12.3. The predicted octanol–water partition coefficient (Wildman–Crippen LogP) is 1.34. The Bertz CT molecular complexity index is 891. The number of H-pyrrole nitrogens is 1. The van der Waals surface area contributed by atoms with Gasteiger partial charge in [-0.3, -0.25) is 9.55 Å². The van der Waals surface area contributed by atoms with Gasteiger partial charge in [0.2, 0.25) is 0 Å². The normalized spacial score (nSPS) is 19.2. The van der Waals surface area contributed by atoms with E-state index in [1.165, 1.54) is 4.57 Å². The third-order valence-corrected chi connectivity index (χ3v) is 4.41. The number of aromatic amines is 1.